The zero-order valence-electron chi connectivity index (χ0n) is 20.8. The molecular formula is C29H33N3O3S. The largest absolute Gasteiger partial charge is 0.377 e. The molecule has 36 heavy (non-hydrogen) atoms. The molecule has 0 spiro atoms. The average molecular weight is 504 g/mol. The maximum Gasteiger partial charge on any atom is 0.262 e. The number of anilines is 3. The van der Waals surface area contributed by atoms with E-state index in [0.717, 1.165) is 30.3 Å². The van der Waals surface area contributed by atoms with Gasteiger partial charge in [-0.3, -0.25) is 9.52 Å². The summed E-state index contributed by atoms with van der Waals surface area (Å²) in [5.41, 5.74) is 1.92. The Balaban J connectivity index is 1.19. The van der Waals surface area contributed by atoms with Crippen LogP contribution in [0.3, 0.4) is 0 Å². The first-order valence-corrected chi connectivity index (χ1v) is 14.3. The first-order valence-electron chi connectivity index (χ1n) is 12.9. The summed E-state index contributed by atoms with van der Waals surface area (Å²) in [6.45, 7) is 0. The van der Waals surface area contributed by atoms with Gasteiger partial charge in [-0.1, -0.05) is 24.3 Å². The Morgan fingerprint density at radius 1 is 0.806 bits per heavy atom. The van der Waals surface area contributed by atoms with E-state index in [1.165, 1.54) is 19.3 Å². The van der Waals surface area contributed by atoms with Crippen molar-refractivity contribution >= 4 is 43.8 Å². The van der Waals surface area contributed by atoms with Gasteiger partial charge in [0.2, 0.25) is 5.91 Å². The predicted molar refractivity (Wildman–Crippen MR) is 145 cm³/mol. The number of hydrogen-bond donors (Lipinski definition) is 2. The molecule has 2 N–H and O–H groups in total. The van der Waals surface area contributed by atoms with Gasteiger partial charge in [-0.05, 0) is 92.7 Å². The van der Waals surface area contributed by atoms with Crippen molar-refractivity contribution in [1.82, 2.24) is 0 Å². The van der Waals surface area contributed by atoms with Crippen molar-refractivity contribution in [2.75, 3.05) is 29.0 Å². The standard InChI is InChI=1S/C29H33N3O3S/c1-32(2)26-7-3-6-25-24(26)5-4-8-27(25)36(34,35)31-23-11-9-22(10-12-23)30-28(33)29-16-19-13-20(17-29)15-21(14-19)18-29/h3-12,19-21,31H,13-18H2,1-2H3,(H,30,33). The highest BCUT2D eigenvalue weighted by Gasteiger charge is 2.54. The van der Waals surface area contributed by atoms with Crippen LogP contribution in [0.25, 0.3) is 10.8 Å². The van der Waals surface area contributed by atoms with Gasteiger partial charge >= 0.3 is 0 Å². The highest BCUT2D eigenvalue weighted by atomic mass is 32.2. The monoisotopic (exact) mass is 503 g/mol. The zero-order valence-corrected chi connectivity index (χ0v) is 21.6. The molecule has 4 aliphatic carbocycles. The lowest BCUT2D eigenvalue weighted by Crippen LogP contribution is -2.51. The van der Waals surface area contributed by atoms with Crippen LogP contribution in [0.2, 0.25) is 0 Å². The van der Waals surface area contributed by atoms with E-state index in [0.29, 0.717) is 34.5 Å². The van der Waals surface area contributed by atoms with Gasteiger partial charge in [0, 0.05) is 41.9 Å². The third-order valence-corrected chi connectivity index (χ3v) is 9.98. The van der Waals surface area contributed by atoms with Gasteiger partial charge < -0.3 is 10.2 Å². The van der Waals surface area contributed by atoms with Crippen molar-refractivity contribution in [3.63, 3.8) is 0 Å². The van der Waals surface area contributed by atoms with E-state index in [1.807, 2.05) is 43.3 Å². The van der Waals surface area contributed by atoms with Crippen molar-refractivity contribution < 1.29 is 13.2 Å². The molecule has 4 aliphatic rings. The van der Waals surface area contributed by atoms with Gasteiger partial charge in [-0.2, -0.15) is 0 Å². The third kappa shape index (κ3) is 4.03. The summed E-state index contributed by atoms with van der Waals surface area (Å²) in [4.78, 5) is 15.6. The van der Waals surface area contributed by atoms with Crippen molar-refractivity contribution in [3.8, 4) is 0 Å². The van der Waals surface area contributed by atoms with Gasteiger partial charge in [0.15, 0.2) is 0 Å². The Bertz CT molecular complexity index is 1390. The summed E-state index contributed by atoms with van der Waals surface area (Å²) in [6, 6.07) is 18.0. The van der Waals surface area contributed by atoms with Crippen LogP contribution in [0.1, 0.15) is 38.5 Å². The van der Waals surface area contributed by atoms with E-state index >= 15 is 0 Å². The lowest BCUT2D eigenvalue weighted by Gasteiger charge is -2.55. The van der Waals surface area contributed by atoms with Crippen LogP contribution in [0.5, 0.6) is 0 Å². The highest BCUT2D eigenvalue weighted by molar-refractivity contribution is 7.93. The smallest absolute Gasteiger partial charge is 0.262 e. The van der Waals surface area contributed by atoms with Crippen molar-refractivity contribution in [3.05, 3.63) is 60.7 Å². The van der Waals surface area contributed by atoms with Gasteiger partial charge in [0.25, 0.3) is 10.0 Å². The number of carbonyl (C=O) groups is 1. The molecule has 0 heterocycles. The Morgan fingerprint density at radius 2 is 1.36 bits per heavy atom. The Morgan fingerprint density at radius 3 is 1.97 bits per heavy atom. The fourth-order valence-corrected chi connectivity index (χ4v) is 8.65. The van der Waals surface area contributed by atoms with E-state index in [1.54, 1.807) is 36.4 Å². The van der Waals surface area contributed by atoms with Crippen molar-refractivity contribution in [1.29, 1.82) is 0 Å². The van der Waals surface area contributed by atoms with Crippen LogP contribution in [0.4, 0.5) is 17.1 Å². The quantitative estimate of drug-likeness (QED) is 0.442. The number of nitrogens with zero attached hydrogens (tertiary/aromatic N) is 1. The van der Waals surface area contributed by atoms with Gasteiger partial charge in [-0.25, -0.2) is 8.42 Å². The summed E-state index contributed by atoms with van der Waals surface area (Å²) in [5, 5.41) is 4.70. The second kappa shape index (κ2) is 8.51. The first-order chi connectivity index (χ1) is 17.2. The van der Waals surface area contributed by atoms with E-state index in [2.05, 4.69) is 10.0 Å². The van der Waals surface area contributed by atoms with Crippen molar-refractivity contribution in [2.45, 2.75) is 43.4 Å². The van der Waals surface area contributed by atoms with E-state index in [9.17, 15) is 13.2 Å². The normalized spacial score (nSPS) is 26.7. The SMILES string of the molecule is CN(C)c1cccc2c(S(=O)(=O)Nc3ccc(NC(=O)C45CC6CC(CC(C6)C4)C5)cc3)cccc12. The molecule has 7 rings (SSSR count). The Labute approximate surface area is 213 Å². The number of benzene rings is 3. The lowest BCUT2D eigenvalue weighted by molar-refractivity contribution is -0.140. The van der Waals surface area contributed by atoms with E-state index in [-0.39, 0.29) is 16.2 Å². The Kier molecular flexibility index (Phi) is 5.52. The molecule has 0 atom stereocenters. The molecule has 4 bridgehead atoms. The molecule has 0 aliphatic heterocycles. The van der Waals surface area contributed by atoms with Crippen LogP contribution >= 0.6 is 0 Å². The second-order valence-corrected chi connectivity index (χ2v) is 13.0. The van der Waals surface area contributed by atoms with Crippen LogP contribution in [0.15, 0.2) is 65.6 Å². The maximum absolute atomic E-state index is 13.3. The first kappa shape index (κ1) is 23.3. The van der Waals surface area contributed by atoms with E-state index in [4.69, 9.17) is 0 Å². The summed E-state index contributed by atoms with van der Waals surface area (Å²) in [6.07, 6.45) is 6.95. The van der Waals surface area contributed by atoms with Crippen LogP contribution in [0, 0.1) is 23.2 Å². The summed E-state index contributed by atoms with van der Waals surface area (Å²) < 4.78 is 29.4. The summed E-state index contributed by atoms with van der Waals surface area (Å²) in [5.74, 6) is 2.27. The number of nitrogens with one attached hydrogen (secondary N) is 2. The summed E-state index contributed by atoms with van der Waals surface area (Å²) in [7, 11) is 0.0795. The molecule has 1 amide bonds. The van der Waals surface area contributed by atoms with Crippen LogP contribution in [-0.2, 0) is 14.8 Å². The molecule has 4 saturated carbocycles. The number of carbonyl (C=O) groups excluding carboxylic acids is 1. The molecule has 0 radical (unpaired) electrons. The molecule has 3 aromatic rings. The fourth-order valence-electron chi connectivity index (χ4n) is 7.37. The number of hydrogen-bond acceptors (Lipinski definition) is 4. The average Bonchev–Trinajstić information content (AvgIpc) is 2.83. The number of fused-ring (bicyclic) bond motifs is 1. The second-order valence-electron chi connectivity index (χ2n) is 11.4. The molecule has 188 valence electrons. The number of sulfonamides is 1. The molecule has 6 nitrogen and oxygen atoms in total. The third-order valence-electron chi connectivity index (χ3n) is 8.55. The van der Waals surface area contributed by atoms with Crippen LogP contribution < -0.4 is 14.9 Å². The van der Waals surface area contributed by atoms with Crippen molar-refractivity contribution in [2.24, 2.45) is 23.2 Å². The minimum absolute atomic E-state index is 0.141. The number of rotatable bonds is 6. The number of amides is 1. The highest BCUT2D eigenvalue weighted by Crippen LogP contribution is 2.60. The topological polar surface area (TPSA) is 78.5 Å². The molecule has 0 unspecified atom stereocenters. The molecule has 0 aromatic heterocycles. The predicted octanol–water partition coefficient (Wildman–Crippen LogP) is 5.86. The van der Waals surface area contributed by atoms with Gasteiger partial charge in [-0.15, -0.1) is 0 Å². The van der Waals surface area contributed by atoms with Gasteiger partial charge in [0.05, 0.1) is 10.3 Å². The lowest BCUT2D eigenvalue weighted by atomic mass is 9.49. The Hall–Kier alpha value is -3.06. The molecule has 0 saturated heterocycles. The van der Waals surface area contributed by atoms with Gasteiger partial charge in [0.1, 0.15) is 0 Å². The van der Waals surface area contributed by atoms with E-state index < -0.39 is 10.0 Å². The molecule has 4 fully saturated rings. The minimum Gasteiger partial charge on any atom is -0.377 e. The maximum atomic E-state index is 13.3. The molecular weight excluding hydrogens is 470 g/mol. The minimum atomic E-state index is -3.80. The summed E-state index contributed by atoms with van der Waals surface area (Å²) >= 11 is 0. The zero-order chi connectivity index (χ0) is 25.1. The molecule has 3 aromatic carbocycles. The fraction of sp³-hybridized carbons (Fsp3) is 0.414. The molecule has 7 heteroatoms. The van der Waals surface area contributed by atoms with Crippen LogP contribution in [-0.4, -0.2) is 28.4 Å².